The number of carbonyl (C=O) groups is 1. The van der Waals surface area contributed by atoms with Gasteiger partial charge in [-0.05, 0) is 24.6 Å². The molecule has 0 aliphatic carbocycles. The van der Waals surface area contributed by atoms with Gasteiger partial charge < -0.3 is 0 Å². The van der Waals surface area contributed by atoms with E-state index in [-0.39, 0.29) is 17.7 Å². The fraction of sp³-hybridized carbons (Fsp3) is 0.364. The predicted molar refractivity (Wildman–Crippen MR) is 59.8 cm³/mol. The third-order valence-corrected chi connectivity index (χ3v) is 3.07. The highest BCUT2D eigenvalue weighted by molar-refractivity contribution is 7.90. The lowest BCUT2D eigenvalue weighted by Crippen LogP contribution is -2.10. The molecular formula is C11H13FO3S. The Hall–Kier alpha value is -1.23. The first-order chi connectivity index (χ1) is 7.29. The maximum Gasteiger partial charge on any atom is 0.166 e. The predicted octanol–water partition coefficient (Wildman–Crippen LogP) is 1.75. The van der Waals surface area contributed by atoms with Gasteiger partial charge in [0.05, 0.1) is 11.3 Å². The zero-order valence-corrected chi connectivity index (χ0v) is 9.97. The van der Waals surface area contributed by atoms with Gasteiger partial charge in [-0.15, -0.1) is 0 Å². The van der Waals surface area contributed by atoms with E-state index in [9.17, 15) is 17.6 Å². The Balaban J connectivity index is 2.82. The number of hydrogen-bond donors (Lipinski definition) is 0. The van der Waals surface area contributed by atoms with E-state index in [1.54, 1.807) is 13.0 Å². The van der Waals surface area contributed by atoms with Crippen molar-refractivity contribution in [1.82, 2.24) is 0 Å². The van der Waals surface area contributed by atoms with Crippen molar-refractivity contribution in [1.29, 1.82) is 0 Å². The van der Waals surface area contributed by atoms with Gasteiger partial charge in [0.15, 0.2) is 5.78 Å². The van der Waals surface area contributed by atoms with Crippen molar-refractivity contribution in [3.63, 3.8) is 0 Å². The summed E-state index contributed by atoms with van der Waals surface area (Å²) < 4.78 is 35.1. The van der Waals surface area contributed by atoms with Crippen LogP contribution in [0.5, 0.6) is 0 Å². The van der Waals surface area contributed by atoms with E-state index in [0.29, 0.717) is 0 Å². The van der Waals surface area contributed by atoms with E-state index in [1.807, 2.05) is 0 Å². The van der Waals surface area contributed by atoms with E-state index >= 15 is 0 Å². The molecule has 5 heteroatoms. The Morgan fingerprint density at radius 3 is 2.50 bits per heavy atom. The second kappa shape index (κ2) is 4.74. The van der Waals surface area contributed by atoms with Crippen LogP contribution in [0.25, 0.3) is 0 Å². The molecule has 0 heterocycles. The van der Waals surface area contributed by atoms with E-state index in [0.717, 1.165) is 11.8 Å². The molecule has 1 aromatic rings. The van der Waals surface area contributed by atoms with Gasteiger partial charge in [-0.2, -0.15) is 0 Å². The molecular weight excluding hydrogens is 231 g/mol. The molecule has 0 saturated carbocycles. The molecule has 0 saturated heterocycles. The molecule has 1 aromatic carbocycles. The first-order valence-corrected chi connectivity index (χ1v) is 6.83. The third-order valence-electron chi connectivity index (χ3n) is 2.12. The maximum atomic E-state index is 13.4. The zero-order chi connectivity index (χ0) is 12.3. The third kappa shape index (κ3) is 3.73. The number of Topliss-reactive ketones (excluding diaryl/α,β-unsaturated/α-hetero) is 1. The van der Waals surface area contributed by atoms with Crippen molar-refractivity contribution in [3.8, 4) is 0 Å². The SMILES string of the molecule is Cc1ccc(C(=O)CCS(C)(=O)=O)c(F)c1. The molecule has 0 aliphatic heterocycles. The first kappa shape index (κ1) is 12.8. The van der Waals surface area contributed by atoms with Crippen LogP contribution in [-0.4, -0.2) is 26.2 Å². The maximum absolute atomic E-state index is 13.4. The molecule has 16 heavy (non-hydrogen) atoms. The Labute approximate surface area is 94.2 Å². The molecule has 0 radical (unpaired) electrons. The van der Waals surface area contributed by atoms with Crippen LogP contribution in [0.1, 0.15) is 22.3 Å². The highest BCUT2D eigenvalue weighted by Crippen LogP contribution is 2.12. The highest BCUT2D eigenvalue weighted by Gasteiger charge is 2.14. The molecule has 0 unspecified atom stereocenters. The minimum absolute atomic E-state index is 0.0470. The van der Waals surface area contributed by atoms with Crippen LogP contribution in [0.4, 0.5) is 4.39 Å². The van der Waals surface area contributed by atoms with Crippen LogP contribution in [0.15, 0.2) is 18.2 Å². The molecule has 0 atom stereocenters. The Kier molecular flexibility index (Phi) is 3.80. The number of rotatable bonds is 4. The van der Waals surface area contributed by atoms with Gasteiger partial charge in [0.1, 0.15) is 15.7 Å². The van der Waals surface area contributed by atoms with Crippen molar-refractivity contribution < 1.29 is 17.6 Å². The van der Waals surface area contributed by atoms with Gasteiger partial charge in [0, 0.05) is 12.7 Å². The van der Waals surface area contributed by atoms with Crippen molar-refractivity contribution in [2.24, 2.45) is 0 Å². The lowest BCUT2D eigenvalue weighted by atomic mass is 10.1. The average molecular weight is 244 g/mol. The summed E-state index contributed by atoms with van der Waals surface area (Å²) >= 11 is 0. The molecule has 0 fully saturated rings. The number of aryl methyl sites for hydroxylation is 1. The topological polar surface area (TPSA) is 51.2 Å². The summed E-state index contributed by atoms with van der Waals surface area (Å²) in [6, 6.07) is 4.26. The summed E-state index contributed by atoms with van der Waals surface area (Å²) in [5.41, 5.74) is 0.673. The number of hydrogen-bond acceptors (Lipinski definition) is 3. The Morgan fingerprint density at radius 2 is 2.00 bits per heavy atom. The van der Waals surface area contributed by atoms with Crippen LogP contribution >= 0.6 is 0 Å². The lowest BCUT2D eigenvalue weighted by Gasteiger charge is -2.02. The fourth-order valence-electron chi connectivity index (χ4n) is 1.26. The fourth-order valence-corrected chi connectivity index (χ4v) is 1.82. The minimum Gasteiger partial charge on any atom is -0.294 e. The van der Waals surface area contributed by atoms with E-state index in [4.69, 9.17) is 0 Å². The van der Waals surface area contributed by atoms with Crippen molar-refractivity contribution in [3.05, 3.63) is 35.1 Å². The molecule has 0 spiro atoms. The second-order valence-electron chi connectivity index (χ2n) is 3.79. The van der Waals surface area contributed by atoms with E-state index < -0.39 is 21.4 Å². The van der Waals surface area contributed by atoms with Crippen LogP contribution < -0.4 is 0 Å². The lowest BCUT2D eigenvalue weighted by molar-refractivity contribution is 0.0985. The van der Waals surface area contributed by atoms with Crippen LogP contribution in [0.2, 0.25) is 0 Å². The summed E-state index contributed by atoms with van der Waals surface area (Å²) in [6.07, 6.45) is 0.866. The zero-order valence-electron chi connectivity index (χ0n) is 9.16. The molecule has 1 rings (SSSR count). The van der Waals surface area contributed by atoms with Gasteiger partial charge in [-0.3, -0.25) is 4.79 Å². The minimum atomic E-state index is -3.19. The highest BCUT2D eigenvalue weighted by atomic mass is 32.2. The number of ketones is 1. The van der Waals surface area contributed by atoms with Gasteiger partial charge in [0.2, 0.25) is 0 Å². The Bertz CT molecular complexity index is 506. The molecule has 0 N–H and O–H groups in total. The Morgan fingerprint density at radius 1 is 1.38 bits per heavy atom. The van der Waals surface area contributed by atoms with E-state index in [1.165, 1.54) is 12.1 Å². The van der Waals surface area contributed by atoms with Crippen LogP contribution in [-0.2, 0) is 9.84 Å². The van der Waals surface area contributed by atoms with Crippen molar-refractivity contribution in [2.75, 3.05) is 12.0 Å². The van der Waals surface area contributed by atoms with Gasteiger partial charge in [0.25, 0.3) is 0 Å². The summed E-state index contributed by atoms with van der Waals surface area (Å²) in [5.74, 6) is -1.33. The summed E-state index contributed by atoms with van der Waals surface area (Å²) in [4.78, 5) is 11.5. The standard InChI is InChI=1S/C11H13FO3S/c1-8-3-4-9(10(12)7-8)11(13)5-6-16(2,14)15/h3-4,7H,5-6H2,1-2H3. The second-order valence-corrected chi connectivity index (χ2v) is 6.05. The first-order valence-electron chi connectivity index (χ1n) is 4.76. The van der Waals surface area contributed by atoms with Crippen molar-refractivity contribution >= 4 is 15.6 Å². The molecule has 0 aromatic heterocycles. The summed E-state index contributed by atoms with van der Waals surface area (Å²) in [5, 5.41) is 0. The average Bonchev–Trinajstić information content (AvgIpc) is 2.13. The number of carbonyl (C=O) groups excluding carboxylic acids is 1. The number of sulfone groups is 1. The summed E-state index contributed by atoms with van der Waals surface area (Å²) in [7, 11) is -3.19. The smallest absolute Gasteiger partial charge is 0.166 e. The number of halogens is 1. The quantitative estimate of drug-likeness (QED) is 0.758. The molecule has 88 valence electrons. The van der Waals surface area contributed by atoms with Crippen molar-refractivity contribution in [2.45, 2.75) is 13.3 Å². The molecule has 0 amide bonds. The van der Waals surface area contributed by atoms with Gasteiger partial charge >= 0.3 is 0 Å². The van der Waals surface area contributed by atoms with Gasteiger partial charge in [-0.1, -0.05) is 6.07 Å². The monoisotopic (exact) mass is 244 g/mol. The van der Waals surface area contributed by atoms with Gasteiger partial charge in [-0.25, -0.2) is 12.8 Å². The summed E-state index contributed by atoms with van der Waals surface area (Å²) in [6.45, 7) is 1.72. The molecule has 0 aliphatic rings. The van der Waals surface area contributed by atoms with Crippen LogP contribution in [0.3, 0.4) is 0 Å². The normalized spacial score (nSPS) is 11.4. The number of benzene rings is 1. The molecule has 3 nitrogen and oxygen atoms in total. The van der Waals surface area contributed by atoms with Crippen LogP contribution in [0, 0.1) is 12.7 Å². The molecule has 0 bridgehead atoms. The van der Waals surface area contributed by atoms with E-state index in [2.05, 4.69) is 0 Å². The largest absolute Gasteiger partial charge is 0.294 e.